The molecule has 0 aromatic carbocycles. The van der Waals surface area contributed by atoms with Crippen molar-refractivity contribution >= 4 is 17.9 Å². The second kappa shape index (κ2) is 59.8. The molecule has 0 aromatic rings. The van der Waals surface area contributed by atoms with Gasteiger partial charge in [0.25, 0.3) is 6.29 Å². The number of carboxylic acids is 1. The Morgan fingerprint density at radius 1 is 0.397 bits per heavy atom. The van der Waals surface area contributed by atoms with Crippen LogP contribution in [0.1, 0.15) is 290 Å². The number of esters is 2. The molecule has 0 bridgehead atoms. The summed E-state index contributed by atoms with van der Waals surface area (Å²) in [4.78, 5) is 37.5. The van der Waals surface area contributed by atoms with Crippen LogP contribution in [0.4, 0.5) is 0 Å². The number of nitrogens with zero attached hydrogens (tertiary/aromatic N) is 1. The van der Waals surface area contributed by atoms with Gasteiger partial charge < -0.3 is 28.5 Å². The second-order valence-electron chi connectivity index (χ2n) is 23.1. The van der Waals surface area contributed by atoms with Crippen molar-refractivity contribution in [1.82, 2.24) is 0 Å². The van der Waals surface area contributed by atoms with Crippen LogP contribution in [-0.4, -0.2) is 87.4 Å². The number of carbonyl (C=O) groups is 3. The Bertz CT molecular complexity index is 1510. The fourth-order valence-electron chi connectivity index (χ4n) is 9.26. The van der Waals surface area contributed by atoms with Crippen LogP contribution in [0.5, 0.6) is 0 Å². The molecular weight excluding hydrogens is 971 g/mol. The fourth-order valence-corrected chi connectivity index (χ4v) is 9.26. The van der Waals surface area contributed by atoms with Gasteiger partial charge in [0.05, 0.1) is 34.4 Å². The first-order valence-electron chi connectivity index (χ1n) is 32.6. The van der Waals surface area contributed by atoms with Gasteiger partial charge in [-0.3, -0.25) is 9.59 Å². The molecule has 1 N–H and O–H groups in total. The number of ether oxygens (including phenoxy) is 4. The van der Waals surface area contributed by atoms with Crippen molar-refractivity contribution < 1.29 is 42.9 Å². The van der Waals surface area contributed by atoms with Crippen molar-refractivity contribution in [2.75, 3.05) is 47.5 Å². The maximum atomic E-state index is 12.9. The average Bonchev–Trinajstić information content (AvgIpc) is 3.41. The molecule has 0 saturated heterocycles. The summed E-state index contributed by atoms with van der Waals surface area (Å²) in [5.74, 6) is -2.02. The predicted octanol–water partition coefficient (Wildman–Crippen LogP) is 19.7. The Labute approximate surface area is 481 Å². The molecule has 0 aliphatic heterocycles. The summed E-state index contributed by atoms with van der Waals surface area (Å²) in [6.45, 7) is 4.78. The molecule has 0 saturated carbocycles. The maximum absolute atomic E-state index is 12.9. The summed E-state index contributed by atoms with van der Waals surface area (Å²) in [5.41, 5.74) is 0. The molecule has 452 valence electrons. The van der Waals surface area contributed by atoms with E-state index in [1.54, 1.807) is 0 Å². The molecule has 2 atom stereocenters. The summed E-state index contributed by atoms with van der Waals surface area (Å²) in [6.07, 6.45) is 75.7. The quantitative estimate of drug-likeness (QED) is 0.0211. The lowest BCUT2D eigenvalue weighted by molar-refractivity contribution is -0.870. The SMILES string of the molecule is CC/C=C\C/C=C\C/C=C\C/C=C\C/C=C\C/C=C\CCCCCCCCC(=O)OC(COC(=O)CCCCCCCCCCCCCCCCCCCCCCCCCCCCCC)COC(OCC[N+](C)(C)C)C(=O)O. The number of allylic oxidation sites excluding steroid dienone is 12. The highest BCUT2D eigenvalue weighted by Gasteiger charge is 2.25. The van der Waals surface area contributed by atoms with Gasteiger partial charge in [0.15, 0.2) is 6.10 Å². The number of hydrogen-bond acceptors (Lipinski definition) is 7. The summed E-state index contributed by atoms with van der Waals surface area (Å²) in [7, 11) is 5.97. The highest BCUT2D eigenvalue weighted by Crippen LogP contribution is 2.18. The first kappa shape index (κ1) is 74.7. The Morgan fingerprint density at radius 2 is 0.731 bits per heavy atom. The van der Waals surface area contributed by atoms with E-state index < -0.39 is 24.3 Å². The van der Waals surface area contributed by atoms with Gasteiger partial charge in [-0.1, -0.05) is 286 Å². The lowest BCUT2D eigenvalue weighted by Gasteiger charge is -2.25. The second-order valence-corrected chi connectivity index (χ2v) is 23.1. The average molecular weight is 1100 g/mol. The molecule has 0 aliphatic rings. The number of likely N-dealkylation sites (N-methyl/N-ethyl adjacent to an activating group) is 1. The molecule has 0 fully saturated rings. The van der Waals surface area contributed by atoms with Crippen LogP contribution in [0, 0.1) is 0 Å². The van der Waals surface area contributed by atoms with Crippen molar-refractivity contribution in [2.24, 2.45) is 0 Å². The van der Waals surface area contributed by atoms with Crippen molar-refractivity contribution in [3.63, 3.8) is 0 Å². The van der Waals surface area contributed by atoms with Gasteiger partial charge in [-0.2, -0.15) is 0 Å². The third-order valence-corrected chi connectivity index (χ3v) is 14.2. The molecule has 0 rings (SSSR count). The van der Waals surface area contributed by atoms with E-state index >= 15 is 0 Å². The van der Waals surface area contributed by atoms with E-state index in [-0.39, 0.29) is 32.2 Å². The number of carbonyl (C=O) groups excluding carboxylic acids is 2. The van der Waals surface area contributed by atoms with Gasteiger partial charge in [0.1, 0.15) is 13.2 Å². The fraction of sp³-hybridized carbons (Fsp3) is 0.783. The topological polar surface area (TPSA) is 108 Å². The molecule has 0 aliphatic carbocycles. The molecule has 0 amide bonds. The number of hydrogen-bond donors (Lipinski definition) is 1. The monoisotopic (exact) mass is 1090 g/mol. The van der Waals surface area contributed by atoms with Crippen LogP contribution >= 0.6 is 0 Å². The van der Waals surface area contributed by atoms with E-state index in [1.165, 1.54) is 161 Å². The normalized spacial score (nSPS) is 13.2. The van der Waals surface area contributed by atoms with Gasteiger partial charge >= 0.3 is 17.9 Å². The van der Waals surface area contributed by atoms with Gasteiger partial charge in [0.2, 0.25) is 0 Å². The largest absolute Gasteiger partial charge is 0.477 e. The number of rotatable bonds is 60. The van der Waals surface area contributed by atoms with Crippen molar-refractivity contribution in [2.45, 2.75) is 302 Å². The first-order chi connectivity index (χ1) is 38.1. The lowest BCUT2D eigenvalue weighted by atomic mass is 10.0. The van der Waals surface area contributed by atoms with Crippen LogP contribution < -0.4 is 0 Å². The zero-order valence-electron chi connectivity index (χ0n) is 51.6. The van der Waals surface area contributed by atoms with E-state index in [4.69, 9.17) is 18.9 Å². The van der Waals surface area contributed by atoms with Gasteiger partial charge in [-0.15, -0.1) is 0 Å². The maximum Gasteiger partial charge on any atom is 0.361 e. The van der Waals surface area contributed by atoms with E-state index in [0.29, 0.717) is 23.9 Å². The highest BCUT2D eigenvalue weighted by molar-refractivity contribution is 5.71. The molecule has 9 nitrogen and oxygen atoms in total. The smallest absolute Gasteiger partial charge is 0.361 e. The van der Waals surface area contributed by atoms with Crippen LogP contribution in [0.3, 0.4) is 0 Å². The van der Waals surface area contributed by atoms with Gasteiger partial charge in [0, 0.05) is 12.8 Å². The molecule has 0 heterocycles. The standard InChI is InChI=1S/C69H123NO8/c1-6-8-10-12-14-16-18-20-22-24-26-28-30-32-33-34-36-37-39-41-43-45-47-49-51-53-55-57-59-66(71)76-63-65(64-77-69(68(73)74)75-62-61-70(3,4)5)78-67(72)60-58-56-54-52-50-48-46-44-42-40-38-35-31-29-27-25-23-21-19-17-15-13-11-9-7-2/h9,11,15,17,21,23,27,29,35,38,42,44,65,69H,6-8,10,12-14,16,18-20,22,24-26,28,30-34,36-37,39-41,43,45-64H2,1-5H3/p+1/b11-9-,17-15-,23-21-,29-27-,38-35-,44-42-. The Morgan fingerprint density at radius 3 is 1.09 bits per heavy atom. The summed E-state index contributed by atoms with van der Waals surface area (Å²) in [5, 5.41) is 9.73. The van der Waals surface area contributed by atoms with Crippen molar-refractivity contribution in [3.8, 4) is 0 Å². The van der Waals surface area contributed by atoms with Gasteiger partial charge in [-0.25, -0.2) is 4.79 Å². The minimum absolute atomic E-state index is 0.183. The molecule has 0 spiro atoms. The van der Waals surface area contributed by atoms with Crippen LogP contribution in [0.25, 0.3) is 0 Å². The Balaban J connectivity index is 4.18. The van der Waals surface area contributed by atoms with Crippen LogP contribution in [0.15, 0.2) is 72.9 Å². The zero-order chi connectivity index (χ0) is 56.9. The number of aliphatic carboxylic acids is 1. The molecule has 0 aromatic heterocycles. The number of unbranched alkanes of at least 4 members (excludes halogenated alkanes) is 33. The van der Waals surface area contributed by atoms with Crippen LogP contribution in [0.2, 0.25) is 0 Å². The molecular formula is C69H124NO8+. The first-order valence-corrected chi connectivity index (χ1v) is 32.6. The predicted molar refractivity (Wildman–Crippen MR) is 332 cm³/mol. The van der Waals surface area contributed by atoms with E-state index in [0.717, 1.165) is 96.3 Å². The molecule has 2 unspecified atom stereocenters. The minimum atomic E-state index is -1.52. The van der Waals surface area contributed by atoms with E-state index in [2.05, 4.69) is 86.8 Å². The van der Waals surface area contributed by atoms with Gasteiger partial charge in [-0.05, 0) is 64.2 Å². The summed E-state index contributed by atoms with van der Waals surface area (Å²) in [6, 6.07) is 0. The Hall–Kier alpha value is -3.27. The van der Waals surface area contributed by atoms with E-state index in [9.17, 15) is 19.5 Å². The molecule has 9 heteroatoms. The zero-order valence-corrected chi connectivity index (χ0v) is 51.6. The number of carboxylic acid groups (broad SMARTS) is 1. The van der Waals surface area contributed by atoms with E-state index in [1.807, 2.05) is 21.1 Å². The Kier molecular flexibility index (Phi) is 57.3. The third kappa shape index (κ3) is 60.4. The number of quaternary nitrogens is 1. The molecule has 0 radical (unpaired) electrons. The lowest BCUT2D eigenvalue weighted by Crippen LogP contribution is -2.40. The molecule has 78 heavy (non-hydrogen) atoms. The highest BCUT2D eigenvalue weighted by atomic mass is 16.7. The minimum Gasteiger partial charge on any atom is -0.477 e. The van der Waals surface area contributed by atoms with Crippen molar-refractivity contribution in [3.05, 3.63) is 72.9 Å². The summed E-state index contributed by atoms with van der Waals surface area (Å²) >= 11 is 0. The third-order valence-electron chi connectivity index (χ3n) is 14.2. The van der Waals surface area contributed by atoms with Crippen LogP contribution in [-0.2, 0) is 33.3 Å². The summed E-state index contributed by atoms with van der Waals surface area (Å²) < 4.78 is 22.9. The van der Waals surface area contributed by atoms with Crippen molar-refractivity contribution in [1.29, 1.82) is 0 Å².